The minimum Gasteiger partial charge on any atom is -0.497 e. The van der Waals surface area contributed by atoms with Gasteiger partial charge in [0.25, 0.3) is 0 Å². The summed E-state index contributed by atoms with van der Waals surface area (Å²) in [6.45, 7) is 1.99. The van der Waals surface area contributed by atoms with Gasteiger partial charge in [0.15, 0.2) is 0 Å². The molecule has 4 heteroatoms. The number of nitrogens with zero attached hydrogens (tertiary/aromatic N) is 1. The first-order chi connectivity index (χ1) is 9.52. The van der Waals surface area contributed by atoms with Crippen molar-refractivity contribution in [3.05, 3.63) is 53.6 Å². The van der Waals surface area contributed by atoms with E-state index in [2.05, 4.69) is 0 Å². The van der Waals surface area contributed by atoms with Crippen molar-refractivity contribution in [2.45, 2.75) is 6.92 Å². The second kappa shape index (κ2) is 5.65. The van der Waals surface area contributed by atoms with Gasteiger partial charge in [-0.05, 0) is 43.3 Å². The van der Waals surface area contributed by atoms with Crippen LogP contribution in [-0.2, 0) is 0 Å². The number of nitrogen functional groups attached to an aromatic ring is 1. The number of rotatable bonds is 4. The molecule has 0 aliphatic heterocycles. The van der Waals surface area contributed by atoms with Crippen LogP contribution in [0.15, 0.2) is 42.5 Å². The lowest BCUT2D eigenvalue weighted by atomic mass is 10.1. The van der Waals surface area contributed by atoms with Crippen LogP contribution in [0.4, 0.5) is 11.4 Å². The fourth-order valence-electron chi connectivity index (χ4n) is 2.10. The van der Waals surface area contributed by atoms with Crippen molar-refractivity contribution in [1.29, 1.82) is 5.41 Å². The van der Waals surface area contributed by atoms with Crippen LogP contribution in [0.1, 0.15) is 11.1 Å². The van der Waals surface area contributed by atoms with Crippen LogP contribution in [0.25, 0.3) is 0 Å². The molecule has 0 aromatic heterocycles. The number of nitrogens with one attached hydrogen (secondary N) is 1. The maximum Gasteiger partial charge on any atom is 0.124 e. The minimum atomic E-state index is 0.0732. The summed E-state index contributed by atoms with van der Waals surface area (Å²) in [5.41, 5.74) is 9.43. The molecule has 0 spiro atoms. The number of amidine groups is 1. The first-order valence-corrected chi connectivity index (χ1v) is 6.35. The molecule has 0 radical (unpaired) electrons. The van der Waals surface area contributed by atoms with Gasteiger partial charge in [0.05, 0.1) is 12.8 Å². The Labute approximate surface area is 119 Å². The first-order valence-electron chi connectivity index (χ1n) is 6.35. The molecule has 0 aliphatic rings. The largest absolute Gasteiger partial charge is 0.497 e. The molecule has 0 atom stereocenters. The summed E-state index contributed by atoms with van der Waals surface area (Å²) in [7, 11) is 3.60. The molecule has 0 bridgehead atoms. The SMILES string of the molecule is COc1ccc(N(C)c2ccc(C)cc2C(=N)N)cc1. The van der Waals surface area contributed by atoms with E-state index in [1.807, 2.05) is 61.3 Å². The molecule has 104 valence electrons. The Kier molecular flexibility index (Phi) is 3.94. The molecule has 4 nitrogen and oxygen atoms in total. The van der Waals surface area contributed by atoms with E-state index < -0.39 is 0 Å². The second-order valence-corrected chi connectivity index (χ2v) is 4.69. The van der Waals surface area contributed by atoms with E-state index in [-0.39, 0.29) is 5.84 Å². The highest BCUT2D eigenvalue weighted by molar-refractivity contribution is 6.01. The van der Waals surface area contributed by atoms with Crippen molar-refractivity contribution in [1.82, 2.24) is 0 Å². The average molecular weight is 269 g/mol. The zero-order valence-electron chi connectivity index (χ0n) is 12.0. The molecule has 2 aromatic rings. The highest BCUT2D eigenvalue weighted by atomic mass is 16.5. The molecular formula is C16H19N3O. The Morgan fingerprint density at radius 2 is 1.80 bits per heavy atom. The molecule has 2 aromatic carbocycles. The first kappa shape index (κ1) is 13.9. The topological polar surface area (TPSA) is 62.3 Å². The number of ether oxygens (including phenoxy) is 1. The molecule has 0 unspecified atom stereocenters. The maximum absolute atomic E-state index is 7.72. The lowest BCUT2D eigenvalue weighted by Gasteiger charge is -2.23. The summed E-state index contributed by atoms with van der Waals surface area (Å²) in [5, 5.41) is 7.72. The normalized spacial score (nSPS) is 10.2. The van der Waals surface area contributed by atoms with Gasteiger partial charge in [0, 0.05) is 18.3 Å². The molecule has 0 fully saturated rings. The second-order valence-electron chi connectivity index (χ2n) is 4.69. The number of hydrogen-bond acceptors (Lipinski definition) is 3. The van der Waals surface area contributed by atoms with E-state index in [0.29, 0.717) is 0 Å². The summed E-state index contributed by atoms with van der Waals surface area (Å²) < 4.78 is 5.16. The molecular weight excluding hydrogens is 250 g/mol. The highest BCUT2D eigenvalue weighted by Gasteiger charge is 2.11. The van der Waals surface area contributed by atoms with Crippen molar-refractivity contribution in [3.63, 3.8) is 0 Å². The third kappa shape index (κ3) is 2.74. The summed E-state index contributed by atoms with van der Waals surface area (Å²) in [5.74, 6) is 0.891. The van der Waals surface area contributed by atoms with E-state index in [9.17, 15) is 0 Å². The zero-order chi connectivity index (χ0) is 14.7. The van der Waals surface area contributed by atoms with Gasteiger partial charge in [-0.1, -0.05) is 11.6 Å². The quantitative estimate of drug-likeness (QED) is 0.662. The van der Waals surface area contributed by atoms with Crippen molar-refractivity contribution >= 4 is 17.2 Å². The van der Waals surface area contributed by atoms with Gasteiger partial charge in [-0.2, -0.15) is 0 Å². The predicted octanol–water partition coefficient (Wildman–Crippen LogP) is 3.06. The molecule has 0 amide bonds. The highest BCUT2D eigenvalue weighted by Crippen LogP contribution is 2.28. The number of benzene rings is 2. The Bertz CT molecular complexity index is 620. The zero-order valence-corrected chi connectivity index (χ0v) is 12.0. The van der Waals surface area contributed by atoms with E-state index in [1.54, 1.807) is 7.11 Å². The van der Waals surface area contributed by atoms with Crippen molar-refractivity contribution in [2.24, 2.45) is 5.73 Å². The van der Waals surface area contributed by atoms with Gasteiger partial charge in [-0.25, -0.2) is 0 Å². The smallest absolute Gasteiger partial charge is 0.124 e. The minimum absolute atomic E-state index is 0.0732. The third-order valence-corrected chi connectivity index (χ3v) is 3.26. The maximum atomic E-state index is 7.72. The van der Waals surface area contributed by atoms with Crippen LogP contribution >= 0.6 is 0 Å². The molecule has 0 heterocycles. The van der Waals surface area contributed by atoms with Crippen LogP contribution in [0, 0.1) is 12.3 Å². The number of methoxy groups -OCH3 is 1. The number of anilines is 2. The molecule has 2 rings (SSSR count). The van der Waals surface area contributed by atoms with E-state index >= 15 is 0 Å². The van der Waals surface area contributed by atoms with Crippen LogP contribution in [0.5, 0.6) is 5.75 Å². The summed E-state index contributed by atoms with van der Waals surface area (Å²) in [6, 6.07) is 13.7. The molecule has 0 saturated carbocycles. The van der Waals surface area contributed by atoms with Crippen LogP contribution in [0.2, 0.25) is 0 Å². The monoisotopic (exact) mass is 269 g/mol. The van der Waals surface area contributed by atoms with Crippen LogP contribution in [-0.4, -0.2) is 20.0 Å². The fraction of sp³-hybridized carbons (Fsp3) is 0.188. The molecule has 0 aliphatic carbocycles. The van der Waals surface area contributed by atoms with Crippen molar-refractivity contribution in [2.75, 3.05) is 19.1 Å². The van der Waals surface area contributed by atoms with E-state index in [1.165, 1.54) is 0 Å². The van der Waals surface area contributed by atoms with Crippen molar-refractivity contribution < 1.29 is 4.74 Å². The Morgan fingerprint density at radius 1 is 1.15 bits per heavy atom. The van der Waals surface area contributed by atoms with Gasteiger partial charge >= 0.3 is 0 Å². The molecule has 20 heavy (non-hydrogen) atoms. The number of aryl methyl sites for hydroxylation is 1. The standard InChI is InChI=1S/C16H19N3O/c1-11-4-9-15(14(10-11)16(17)18)19(2)12-5-7-13(20-3)8-6-12/h4-10H,1-3H3,(H3,17,18). The Morgan fingerprint density at radius 3 is 2.35 bits per heavy atom. The van der Waals surface area contributed by atoms with E-state index in [4.69, 9.17) is 15.9 Å². The van der Waals surface area contributed by atoms with Gasteiger partial charge in [0.1, 0.15) is 11.6 Å². The number of hydrogen-bond donors (Lipinski definition) is 2. The van der Waals surface area contributed by atoms with Gasteiger partial charge in [-0.15, -0.1) is 0 Å². The lowest BCUT2D eigenvalue weighted by molar-refractivity contribution is 0.415. The molecule has 0 saturated heterocycles. The average Bonchev–Trinajstić information content (AvgIpc) is 2.46. The Balaban J connectivity index is 2.41. The summed E-state index contributed by atoms with van der Waals surface area (Å²) >= 11 is 0. The van der Waals surface area contributed by atoms with Crippen molar-refractivity contribution in [3.8, 4) is 5.75 Å². The predicted molar refractivity (Wildman–Crippen MR) is 83.3 cm³/mol. The lowest BCUT2D eigenvalue weighted by Crippen LogP contribution is -2.18. The Hall–Kier alpha value is -2.49. The van der Waals surface area contributed by atoms with Gasteiger partial charge < -0.3 is 15.4 Å². The summed E-state index contributed by atoms with van der Waals surface area (Å²) in [4.78, 5) is 2.01. The number of nitrogens with two attached hydrogens (primary N) is 1. The van der Waals surface area contributed by atoms with E-state index in [0.717, 1.165) is 28.3 Å². The van der Waals surface area contributed by atoms with Gasteiger partial charge in [0.2, 0.25) is 0 Å². The van der Waals surface area contributed by atoms with Crippen LogP contribution < -0.4 is 15.4 Å². The van der Waals surface area contributed by atoms with Gasteiger partial charge in [-0.3, -0.25) is 5.41 Å². The summed E-state index contributed by atoms with van der Waals surface area (Å²) in [6.07, 6.45) is 0. The fourth-order valence-corrected chi connectivity index (χ4v) is 2.10. The molecule has 3 N–H and O–H groups in total. The van der Waals surface area contributed by atoms with Crippen LogP contribution in [0.3, 0.4) is 0 Å². The third-order valence-electron chi connectivity index (χ3n) is 3.26.